The van der Waals surface area contributed by atoms with Gasteiger partial charge in [-0.15, -0.1) is 0 Å². The van der Waals surface area contributed by atoms with Gasteiger partial charge in [0.2, 0.25) is 0 Å². The molecule has 1 aromatic rings. The number of aromatic carboxylic acids is 1. The number of nitrogens with two attached hydrogens (primary N) is 1. The maximum atomic E-state index is 11.4. The van der Waals surface area contributed by atoms with Gasteiger partial charge in [-0.3, -0.25) is 4.79 Å². The lowest BCUT2D eigenvalue weighted by molar-refractivity contribution is 0.0696. The van der Waals surface area contributed by atoms with Crippen molar-refractivity contribution in [2.75, 3.05) is 32.1 Å². The first-order chi connectivity index (χ1) is 10.5. The van der Waals surface area contributed by atoms with Crippen LogP contribution in [0.15, 0.2) is 18.2 Å². The van der Waals surface area contributed by atoms with Crippen molar-refractivity contribution in [3.63, 3.8) is 0 Å². The number of hydrogen-bond acceptors (Lipinski definition) is 5. The Hall–Kier alpha value is -2.06. The Morgan fingerprint density at radius 3 is 2.95 bits per heavy atom. The van der Waals surface area contributed by atoms with E-state index < -0.39 is 11.9 Å². The van der Waals surface area contributed by atoms with Crippen LogP contribution in [0.2, 0.25) is 0 Å². The lowest BCUT2D eigenvalue weighted by Gasteiger charge is -2.16. The summed E-state index contributed by atoms with van der Waals surface area (Å²) in [6.45, 7) is 2.53. The highest BCUT2D eigenvalue weighted by molar-refractivity contribution is 6.23. The third-order valence-electron chi connectivity index (χ3n) is 3.79. The Morgan fingerprint density at radius 2 is 2.32 bits per heavy atom. The maximum Gasteiger partial charge on any atom is 0.363 e. The van der Waals surface area contributed by atoms with Crippen LogP contribution in [0.25, 0.3) is 0 Å². The van der Waals surface area contributed by atoms with Crippen LogP contribution in [0, 0.1) is 5.92 Å². The molecule has 1 aliphatic heterocycles. The van der Waals surface area contributed by atoms with E-state index in [2.05, 4.69) is 10.1 Å². The van der Waals surface area contributed by atoms with Crippen molar-refractivity contribution in [2.45, 2.75) is 6.42 Å². The van der Waals surface area contributed by atoms with Crippen molar-refractivity contribution in [2.24, 2.45) is 11.7 Å². The van der Waals surface area contributed by atoms with E-state index in [1.54, 1.807) is 7.11 Å². The van der Waals surface area contributed by atoms with Crippen molar-refractivity contribution in [3.8, 4) is 0 Å². The average molecular weight is 305 g/mol. The minimum atomic E-state index is -1.04. The predicted octanol–water partition coefficient (Wildman–Crippen LogP) is 0.130. The molecular formula is C14H20BN3O4. The minimum absolute atomic E-state index is 0.125. The molecule has 22 heavy (non-hydrogen) atoms. The van der Waals surface area contributed by atoms with Crippen molar-refractivity contribution in [1.29, 1.82) is 0 Å². The van der Waals surface area contributed by atoms with Gasteiger partial charge in [-0.1, -0.05) is 0 Å². The summed E-state index contributed by atoms with van der Waals surface area (Å²) in [7, 11) is 2.28. The van der Waals surface area contributed by atoms with Crippen LogP contribution in [0.4, 0.5) is 5.69 Å². The average Bonchev–Trinajstić information content (AvgIpc) is 2.92. The molecule has 4 N–H and O–H groups in total. The van der Waals surface area contributed by atoms with Gasteiger partial charge in [0.25, 0.3) is 5.91 Å². The van der Waals surface area contributed by atoms with E-state index in [9.17, 15) is 9.59 Å². The van der Waals surface area contributed by atoms with Crippen LogP contribution < -0.4 is 11.1 Å². The first-order valence-electron chi connectivity index (χ1n) is 7.13. The molecule has 0 spiro atoms. The fraction of sp³-hybridized carbons (Fsp3) is 0.429. The quantitative estimate of drug-likeness (QED) is 0.619. The van der Waals surface area contributed by atoms with Gasteiger partial charge >= 0.3 is 13.6 Å². The molecule has 1 amide bonds. The summed E-state index contributed by atoms with van der Waals surface area (Å²) in [5.41, 5.74) is 6.23. The third-order valence-corrected chi connectivity index (χ3v) is 3.79. The van der Waals surface area contributed by atoms with Gasteiger partial charge in [-0.05, 0) is 43.6 Å². The smallest absolute Gasteiger partial charge is 0.363 e. The molecule has 0 bridgehead atoms. The Morgan fingerprint density at radius 1 is 1.55 bits per heavy atom. The van der Waals surface area contributed by atoms with Crippen LogP contribution >= 0.6 is 0 Å². The predicted molar refractivity (Wildman–Crippen MR) is 84.2 cm³/mol. The number of nitrogens with one attached hydrogen (secondary N) is 1. The highest BCUT2D eigenvalue weighted by atomic mass is 16.4. The van der Waals surface area contributed by atoms with Crippen LogP contribution in [0.3, 0.4) is 0 Å². The summed E-state index contributed by atoms with van der Waals surface area (Å²) in [4.78, 5) is 24.7. The first-order valence-corrected chi connectivity index (χ1v) is 7.13. The summed E-state index contributed by atoms with van der Waals surface area (Å²) in [5, 5.41) is 12.2. The molecule has 0 aromatic heterocycles. The molecule has 7 nitrogen and oxygen atoms in total. The van der Waals surface area contributed by atoms with Crippen LogP contribution in [-0.2, 0) is 4.65 Å². The number of benzene rings is 1. The van der Waals surface area contributed by atoms with Gasteiger partial charge in [-0.25, -0.2) is 4.79 Å². The largest absolute Gasteiger partial charge is 0.478 e. The minimum Gasteiger partial charge on any atom is -0.478 e. The zero-order valence-electron chi connectivity index (χ0n) is 12.5. The third kappa shape index (κ3) is 3.99. The zero-order valence-corrected chi connectivity index (χ0v) is 12.5. The van der Waals surface area contributed by atoms with Crippen molar-refractivity contribution < 1.29 is 19.3 Å². The molecule has 0 saturated carbocycles. The second kappa shape index (κ2) is 7.28. The number of anilines is 1. The molecule has 0 aliphatic carbocycles. The van der Waals surface area contributed by atoms with E-state index >= 15 is 0 Å². The van der Waals surface area contributed by atoms with Gasteiger partial charge in [-0.2, -0.15) is 0 Å². The van der Waals surface area contributed by atoms with Gasteiger partial charge < -0.3 is 25.6 Å². The molecule has 1 saturated heterocycles. The second-order valence-electron chi connectivity index (χ2n) is 5.46. The lowest BCUT2D eigenvalue weighted by atomic mass is 10.1. The van der Waals surface area contributed by atoms with Gasteiger partial charge in [0.1, 0.15) is 0 Å². The Labute approximate surface area is 129 Å². The van der Waals surface area contributed by atoms with E-state index in [4.69, 9.17) is 15.5 Å². The number of carbonyl (C=O) groups excluding carboxylic acids is 1. The number of carboxylic acid groups (broad SMARTS) is 1. The monoisotopic (exact) mass is 305 g/mol. The molecule has 1 fully saturated rings. The van der Waals surface area contributed by atoms with Gasteiger partial charge in [0, 0.05) is 19.3 Å². The van der Waals surface area contributed by atoms with Crippen LogP contribution in [-0.4, -0.2) is 56.2 Å². The van der Waals surface area contributed by atoms with E-state index in [0.29, 0.717) is 31.3 Å². The number of nitrogens with zero attached hydrogens (tertiary/aromatic N) is 1. The van der Waals surface area contributed by atoms with Crippen molar-refractivity contribution in [1.82, 2.24) is 4.81 Å². The van der Waals surface area contributed by atoms with E-state index in [0.717, 1.165) is 19.5 Å². The number of hydrogen-bond donors (Lipinski definition) is 3. The van der Waals surface area contributed by atoms with Crippen molar-refractivity contribution >= 4 is 25.2 Å². The number of carbonyl (C=O) groups is 2. The molecule has 118 valence electrons. The van der Waals surface area contributed by atoms with Crippen LogP contribution in [0.1, 0.15) is 27.1 Å². The Bertz CT molecular complexity index is 567. The molecule has 1 aromatic carbocycles. The van der Waals surface area contributed by atoms with Crippen LogP contribution in [0.5, 0.6) is 0 Å². The van der Waals surface area contributed by atoms with E-state index in [1.807, 2.05) is 0 Å². The summed E-state index contributed by atoms with van der Waals surface area (Å²) < 4.78 is 5.11. The summed E-state index contributed by atoms with van der Waals surface area (Å²) in [6, 6.07) is 4.27. The number of primary amides is 1. The Balaban J connectivity index is 2.03. The molecule has 1 aliphatic rings. The van der Waals surface area contributed by atoms with Crippen molar-refractivity contribution in [3.05, 3.63) is 29.3 Å². The molecule has 1 heterocycles. The number of carboxylic acids is 1. The van der Waals surface area contributed by atoms with Gasteiger partial charge in [0.05, 0.1) is 11.1 Å². The fourth-order valence-corrected chi connectivity index (χ4v) is 2.67. The topological polar surface area (TPSA) is 105 Å². The molecule has 1 atom stereocenters. The summed E-state index contributed by atoms with van der Waals surface area (Å²) >= 11 is 0. The molecule has 0 radical (unpaired) electrons. The number of rotatable bonds is 7. The summed E-state index contributed by atoms with van der Waals surface area (Å²) in [6.07, 6.45) is 1.03. The van der Waals surface area contributed by atoms with E-state index in [1.165, 1.54) is 18.2 Å². The molecule has 2 rings (SSSR count). The van der Waals surface area contributed by atoms with E-state index in [-0.39, 0.29) is 5.56 Å². The Kier molecular flexibility index (Phi) is 5.40. The number of amides is 1. The summed E-state index contributed by atoms with van der Waals surface area (Å²) in [5.74, 6) is -1.19. The molecule has 8 heteroatoms. The standard InChI is InChI=1S/C14H20BN3O4/c1-22-15-18-5-4-9(8-18)7-17-12-6-10(14(20)21)2-3-11(12)13(16)19/h2-3,6,9,15,17H,4-5,7-8H2,1H3,(H2,16,19)(H,20,21). The zero-order chi connectivity index (χ0) is 16.1. The fourth-order valence-electron chi connectivity index (χ4n) is 2.67. The lowest BCUT2D eigenvalue weighted by Crippen LogP contribution is -2.28. The van der Waals surface area contributed by atoms with Gasteiger partial charge in [0.15, 0.2) is 0 Å². The normalized spacial score (nSPS) is 18.1. The second-order valence-corrected chi connectivity index (χ2v) is 5.46. The molecule has 1 unspecified atom stereocenters. The first kappa shape index (κ1) is 16.3. The molecular weight excluding hydrogens is 285 g/mol. The SMILES string of the molecule is COBN1CCC(CNc2cc(C(=O)O)ccc2C(N)=O)C1. The maximum absolute atomic E-state index is 11.4. The highest BCUT2D eigenvalue weighted by Crippen LogP contribution is 2.21. The highest BCUT2D eigenvalue weighted by Gasteiger charge is 2.23.